The lowest BCUT2D eigenvalue weighted by molar-refractivity contribution is -0.148. The minimum atomic E-state index is -0.385. The second-order valence-corrected chi connectivity index (χ2v) is 4.33. The van der Waals surface area contributed by atoms with Gasteiger partial charge < -0.3 is 16.0 Å². The highest BCUT2D eigenvalue weighted by atomic mass is 16.2. The largest absolute Gasteiger partial charge is 0.358 e. The Morgan fingerprint density at radius 3 is 2.38 bits per heavy atom. The number of hydrogen-bond donors (Lipinski definition) is 2. The summed E-state index contributed by atoms with van der Waals surface area (Å²) in [4.78, 5) is 25.1. The van der Waals surface area contributed by atoms with E-state index in [4.69, 9.17) is 5.73 Å². The first-order valence-corrected chi connectivity index (χ1v) is 5.79. The molecule has 0 spiro atoms. The van der Waals surface area contributed by atoms with E-state index in [2.05, 4.69) is 5.32 Å². The van der Waals surface area contributed by atoms with Crippen LogP contribution in [-0.4, -0.2) is 43.4 Å². The second kappa shape index (κ2) is 5.30. The van der Waals surface area contributed by atoms with Gasteiger partial charge in [0.1, 0.15) is 0 Å². The van der Waals surface area contributed by atoms with E-state index in [9.17, 15) is 9.59 Å². The molecule has 92 valence electrons. The van der Waals surface area contributed by atoms with Gasteiger partial charge in [-0.15, -0.1) is 0 Å². The van der Waals surface area contributed by atoms with Gasteiger partial charge in [0, 0.05) is 20.1 Å². The average molecular weight is 227 g/mol. The molecule has 0 bridgehead atoms. The van der Waals surface area contributed by atoms with E-state index in [1.54, 1.807) is 11.9 Å². The van der Waals surface area contributed by atoms with Crippen LogP contribution in [0.3, 0.4) is 0 Å². The third-order valence-corrected chi connectivity index (χ3v) is 3.44. The molecule has 0 aromatic rings. The number of nitrogens with two attached hydrogens (primary N) is 1. The molecule has 0 unspecified atom stereocenters. The van der Waals surface area contributed by atoms with E-state index in [1.807, 2.05) is 6.92 Å². The van der Waals surface area contributed by atoms with Gasteiger partial charge in [0.15, 0.2) is 0 Å². The molecule has 1 saturated carbocycles. The van der Waals surface area contributed by atoms with Gasteiger partial charge in [-0.2, -0.15) is 0 Å². The Kier molecular flexibility index (Phi) is 4.29. The number of nitrogens with zero attached hydrogens (tertiary/aromatic N) is 1. The van der Waals surface area contributed by atoms with E-state index in [0.717, 1.165) is 19.3 Å². The highest BCUT2D eigenvalue weighted by molar-refractivity contribution is 5.88. The van der Waals surface area contributed by atoms with Gasteiger partial charge in [-0.25, -0.2) is 0 Å². The normalized spacial score (nSPS) is 17.4. The fourth-order valence-corrected chi connectivity index (χ4v) is 2.02. The molecule has 0 saturated heterocycles. The van der Waals surface area contributed by atoms with Gasteiger partial charge in [-0.3, -0.25) is 9.59 Å². The number of hydrogen-bond acceptors (Lipinski definition) is 3. The fraction of sp³-hybridized carbons (Fsp3) is 0.818. The zero-order chi connectivity index (χ0) is 12.2. The van der Waals surface area contributed by atoms with E-state index in [-0.39, 0.29) is 23.8 Å². The van der Waals surface area contributed by atoms with Crippen molar-refractivity contribution in [2.45, 2.75) is 26.2 Å². The Morgan fingerprint density at radius 1 is 1.44 bits per heavy atom. The van der Waals surface area contributed by atoms with Crippen molar-refractivity contribution in [1.29, 1.82) is 0 Å². The van der Waals surface area contributed by atoms with Crippen LogP contribution in [-0.2, 0) is 9.59 Å². The van der Waals surface area contributed by atoms with Gasteiger partial charge in [0.2, 0.25) is 11.8 Å². The van der Waals surface area contributed by atoms with Crippen LogP contribution < -0.4 is 11.1 Å². The lowest BCUT2D eigenvalue weighted by Crippen LogP contribution is -2.53. The van der Waals surface area contributed by atoms with Crippen LogP contribution in [0.1, 0.15) is 26.2 Å². The van der Waals surface area contributed by atoms with E-state index >= 15 is 0 Å². The molecule has 0 atom stereocenters. The number of nitrogens with one attached hydrogen (secondary N) is 1. The van der Waals surface area contributed by atoms with E-state index in [1.165, 1.54) is 0 Å². The number of likely N-dealkylation sites (N-methyl/N-ethyl adjacent to an activating group) is 2. The van der Waals surface area contributed by atoms with E-state index < -0.39 is 0 Å². The van der Waals surface area contributed by atoms with Crippen LogP contribution in [0, 0.1) is 5.41 Å². The van der Waals surface area contributed by atoms with Crippen molar-refractivity contribution < 1.29 is 9.59 Å². The number of carbonyl (C=O) groups is 2. The summed E-state index contributed by atoms with van der Waals surface area (Å²) in [5.41, 5.74) is 5.29. The Balaban J connectivity index is 2.65. The van der Waals surface area contributed by atoms with Crippen molar-refractivity contribution in [2.75, 3.05) is 26.7 Å². The highest BCUT2D eigenvalue weighted by Gasteiger charge is 2.44. The topological polar surface area (TPSA) is 75.4 Å². The van der Waals surface area contributed by atoms with Crippen molar-refractivity contribution in [1.82, 2.24) is 10.2 Å². The molecule has 2 amide bonds. The molecule has 5 nitrogen and oxygen atoms in total. The molecule has 16 heavy (non-hydrogen) atoms. The first kappa shape index (κ1) is 13.0. The van der Waals surface area contributed by atoms with Crippen LogP contribution in [0.25, 0.3) is 0 Å². The van der Waals surface area contributed by atoms with Crippen molar-refractivity contribution in [2.24, 2.45) is 11.1 Å². The minimum Gasteiger partial charge on any atom is -0.358 e. The average Bonchev–Trinajstić information content (AvgIpc) is 2.24. The summed E-state index contributed by atoms with van der Waals surface area (Å²) in [6.07, 6.45) is 2.76. The highest BCUT2D eigenvalue weighted by Crippen LogP contribution is 2.41. The molecular weight excluding hydrogens is 206 g/mol. The molecule has 0 heterocycles. The zero-order valence-corrected chi connectivity index (χ0v) is 10.1. The van der Waals surface area contributed by atoms with Crippen LogP contribution >= 0.6 is 0 Å². The van der Waals surface area contributed by atoms with Gasteiger partial charge in [-0.1, -0.05) is 6.42 Å². The summed E-state index contributed by atoms with van der Waals surface area (Å²) in [6.45, 7) is 2.95. The number of carbonyl (C=O) groups excluding carboxylic acids is 2. The van der Waals surface area contributed by atoms with Crippen LogP contribution in [0.2, 0.25) is 0 Å². The number of rotatable bonds is 5. The molecule has 0 aliphatic heterocycles. The second-order valence-electron chi connectivity index (χ2n) is 4.33. The van der Waals surface area contributed by atoms with Gasteiger partial charge in [0.05, 0.1) is 12.0 Å². The summed E-state index contributed by atoms with van der Waals surface area (Å²) in [5.74, 6) is -0.103. The summed E-state index contributed by atoms with van der Waals surface area (Å²) in [7, 11) is 1.57. The summed E-state index contributed by atoms with van der Waals surface area (Å²) in [6, 6.07) is 0. The van der Waals surface area contributed by atoms with Crippen LogP contribution in [0.15, 0.2) is 0 Å². The smallest absolute Gasteiger partial charge is 0.239 e. The molecule has 1 rings (SSSR count). The molecular formula is C11H21N3O2. The van der Waals surface area contributed by atoms with Gasteiger partial charge in [-0.05, 0) is 19.8 Å². The Bertz CT molecular complexity index is 269. The molecule has 0 aromatic heterocycles. The molecule has 1 fully saturated rings. The van der Waals surface area contributed by atoms with Crippen molar-refractivity contribution in [3.05, 3.63) is 0 Å². The van der Waals surface area contributed by atoms with Gasteiger partial charge in [0.25, 0.3) is 0 Å². The monoisotopic (exact) mass is 227 g/mol. The maximum absolute atomic E-state index is 12.2. The molecule has 0 radical (unpaired) electrons. The SMILES string of the molecule is CCN(CC(=O)NC)C(=O)C1(CN)CCC1. The van der Waals surface area contributed by atoms with E-state index in [0.29, 0.717) is 13.1 Å². The molecule has 3 N–H and O–H groups in total. The molecule has 1 aliphatic rings. The first-order chi connectivity index (χ1) is 7.59. The number of amides is 2. The summed E-state index contributed by atoms with van der Waals surface area (Å²) >= 11 is 0. The maximum atomic E-state index is 12.2. The van der Waals surface area contributed by atoms with Crippen molar-refractivity contribution >= 4 is 11.8 Å². The molecule has 1 aliphatic carbocycles. The third kappa shape index (κ3) is 2.35. The summed E-state index contributed by atoms with van der Waals surface area (Å²) < 4.78 is 0. The fourth-order valence-electron chi connectivity index (χ4n) is 2.02. The first-order valence-electron chi connectivity index (χ1n) is 5.79. The lowest BCUT2D eigenvalue weighted by atomic mass is 9.68. The third-order valence-electron chi connectivity index (χ3n) is 3.44. The van der Waals surface area contributed by atoms with Crippen LogP contribution in [0.4, 0.5) is 0 Å². The Hall–Kier alpha value is -1.10. The molecule has 5 heteroatoms. The predicted octanol–water partition coefficient (Wildman–Crippen LogP) is -0.290. The van der Waals surface area contributed by atoms with Crippen LogP contribution in [0.5, 0.6) is 0 Å². The maximum Gasteiger partial charge on any atom is 0.239 e. The Labute approximate surface area is 96.4 Å². The molecule has 0 aromatic carbocycles. The van der Waals surface area contributed by atoms with Crippen molar-refractivity contribution in [3.8, 4) is 0 Å². The minimum absolute atomic E-state index is 0.0346. The van der Waals surface area contributed by atoms with Crippen molar-refractivity contribution in [3.63, 3.8) is 0 Å². The predicted molar refractivity (Wildman–Crippen MR) is 61.7 cm³/mol. The Morgan fingerprint density at radius 2 is 2.06 bits per heavy atom. The lowest BCUT2D eigenvalue weighted by Gasteiger charge is -2.42. The summed E-state index contributed by atoms with van der Waals surface area (Å²) in [5, 5.41) is 2.53. The standard InChI is InChI=1S/C11H21N3O2/c1-3-14(7-9(15)13-2)10(16)11(8-12)5-4-6-11/h3-8,12H2,1-2H3,(H,13,15). The van der Waals surface area contributed by atoms with Gasteiger partial charge >= 0.3 is 0 Å². The zero-order valence-electron chi connectivity index (χ0n) is 10.1. The quantitative estimate of drug-likeness (QED) is 0.677.